The molecule has 0 unspecified atom stereocenters. The lowest BCUT2D eigenvalue weighted by Crippen LogP contribution is -1.99. The van der Waals surface area contributed by atoms with E-state index in [1.165, 1.54) is 14.2 Å². The average molecular weight is 314 g/mol. The standard InChI is InChI=1S/C6H10O2.2C5H8O2/c1-3-5-8-6(7)4-2;2*1-4(2)5(6)7-3/h4H,2-3,5H2,1H3;2*1H2,2-3H3. The number of hydrogen-bond acceptors (Lipinski definition) is 6. The molecule has 0 aromatic rings. The Morgan fingerprint density at radius 3 is 1.45 bits per heavy atom. The van der Waals surface area contributed by atoms with Gasteiger partial charge in [-0.1, -0.05) is 26.7 Å². The Morgan fingerprint density at radius 1 is 0.955 bits per heavy atom. The minimum absolute atomic E-state index is 0.341. The van der Waals surface area contributed by atoms with Crippen LogP contribution < -0.4 is 0 Å². The van der Waals surface area contributed by atoms with Gasteiger partial charge in [0.05, 0.1) is 20.8 Å². The van der Waals surface area contributed by atoms with Gasteiger partial charge in [-0.2, -0.15) is 0 Å². The first-order valence-corrected chi connectivity index (χ1v) is 6.44. The van der Waals surface area contributed by atoms with Crippen molar-refractivity contribution >= 4 is 17.9 Å². The Labute approximate surface area is 132 Å². The predicted molar refractivity (Wildman–Crippen MR) is 85.1 cm³/mol. The van der Waals surface area contributed by atoms with Crippen molar-refractivity contribution in [2.24, 2.45) is 0 Å². The van der Waals surface area contributed by atoms with E-state index in [2.05, 4.69) is 33.9 Å². The summed E-state index contributed by atoms with van der Waals surface area (Å²) < 4.78 is 13.1. The van der Waals surface area contributed by atoms with Gasteiger partial charge in [-0.25, -0.2) is 14.4 Å². The van der Waals surface area contributed by atoms with Crippen LogP contribution in [0.4, 0.5) is 0 Å². The molecule has 0 heterocycles. The maximum Gasteiger partial charge on any atom is 0.332 e. The summed E-state index contributed by atoms with van der Waals surface area (Å²) in [5, 5.41) is 0. The molecular weight excluding hydrogens is 288 g/mol. The van der Waals surface area contributed by atoms with Gasteiger partial charge in [-0.15, -0.1) is 0 Å². The molecule has 0 bridgehead atoms. The first kappa shape index (κ1) is 24.6. The topological polar surface area (TPSA) is 78.9 Å². The molecule has 0 amide bonds. The van der Waals surface area contributed by atoms with Crippen molar-refractivity contribution in [1.29, 1.82) is 0 Å². The molecule has 0 atom stereocenters. The van der Waals surface area contributed by atoms with E-state index in [0.29, 0.717) is 17.8 Å². The SMILES string of the molecule is C=C(C)C(=O)OC.C=C(C)C(=O)OC.C=CC(=O)OCCC. The second-order valence-corrected chi connectivity index (χ2v) is 3.92. The fraction of sp³-hybridized carbons (Fsp3) is 0.438. The highest BCUT2D eigenvalue weighted by Crippen LogP contribution is 1.87. The van der Waals surface area contributed by atoms with E-state index in [-0.39, 0.29) is 17.9 Å². The van der Waals surface area contributed by atoms with Gasteiger partial charge in [-0.3, -0.25) is 0 Å². The zero-order valence-electron chi connectivity index (χ0n) is 14.1. The van der Waals surface area contributed by atoms with Gasteiger partial charge < -0.3 is 14.2 Å². The Balaban J connectivity index is -0.000000247. The highest BCUT2D eigenvalue weighted by Gasteiger charge is 1.96. The highest BCUT2D eigenvalue weighted by atomic mass is 16.5. The Morgan fingerprint density at radius 2 is 1.32 bits per heavy atom. The zero-order valence-corrected chi connectivity index (χ0v) is 14.1. The number of ether oxygens (including phenoxy) is 3. The molecule has 0 saturated carbocycles. The fourth-order valence-corrected chi connectivity index (χ4v) is 0.610. The predicted octanol–water partition coefficient (Wildman–Crippen LogP) is 2.60. The number of carbonyl (C=O) groups excluding carboxylic acids is 3. The summed E-state index contributed by atoms with van der Waals surface area (Å²) in [6.07, 6.45) is 2.02. The molecule has 0 N–H and O–H groups in total. The molecular formula is C16H26O6. The van der Waals surface area contributed by atoms with E-state index in [1.807, 2.05) is 6.92 Å². The summed E-state index contributed by atoms with van der Waals surface area (Å²) in [6.45, 7) is 15.6. The number of rotatable bonds is 5. The molecule has 126 valence electrons. The van der Waals surface area contributed by atoms with Crippen LogP contribution in [-0.4, -0.2) is 38.7 Å². The molecule has 0 fully saturated rings. The third-order valence-corrected chi connectivity index (χ3v) is 1.68. The summed E-state index contributed by atoms with van der Waals surface area (Å²) >= 11 is 0. The molecule has 0 aromatic heterocycles. The number of carbonyl (C=O) groups is 3. The summed E-state index contributed by atoms with van der Waals surface area (Å²) in [4.78, 5) is 30.6. The van der Waals surface area contributed by atoms with Gasteiger partial charge >= 0.3 is 17.9 Å². The van der Waals surface area contributed by atoms with Gasteiger partial charge in [0, 0.05) is 17.2 Å². The third-order valence-electron chi connectivity index (χ3n) is 1.68. The molecule has 22 heavy (non-hydrogen) atoms. The lowest BCUT2D eigenvalue weighted by Gasteiger charge is -1.94. The van der Waals surface area contributed by atoms with Crippen molar-refractivity contribution in [2.75, 3.05) is 20.8 Å². The van der Waals surface area contributed by atoms with Crippen LogP contribution in [0.1, 0.15) is 27.2 Å². The van der Waals surface area contributed by atoms with Crippen LogP contribution in [-0.2, 0) is 28.6 Å². The van der Waals surface area contributed by atoms with Crippen LogP contribution in [0.25, 0.3) is 0 Å². The summed E-state index contributed by atoms with van der Waals surface area (Å²) in [6, 6.07) is 0. The second-order valence-electron chi connectivity index (χ2n) is 3.92. The van der Waals surface area contributed by atoms with Gasteiger partial charge in [0.1, 0.15) is 0 Å². The van der Waals surface area contributed by atoms with E-state index in [0.717, 1.165) is 12.5 Å². The van der Waals surface area contributed by atoms with E-state index < -0.39 is 0 Å². The monoisotopic (exact) mass is 314 g/mol. The smallest absolute Gasteiger partial charge is 0.332 e. The number of methoxy groups -OCH3 is 2. The van der Waals surface area contributed by atoms with Crippen LogP contribution >= 0.6 is 0 Å². The van der Waals surface area contributed by atoms with Crippen LogP contribution in [0, 0.1) is 0 Å². The molecule has 0 saturated heterocycles. The molecule has 6 nitrogen and oxygen atoms in total. The largest absolute Gasteiger partial charge is 0.466 e. The van der Waals surface area contributed by atoms with Crippen molar-refractivity contribution < 1.29 is 28.6 Å². The van der Waals surface area contributed by atoms with Gasteiger partial charge in [0.15, 0.2) is 0 Å². The van der Waals surface area contributed by atoms with Crippen molar-refractivity contribution in [3.8, 4) is 0 Å². The zero-order chi connectivity index (χ0) is 18.1. The van der Waals surface area contributed by atoms with Gasteiger partial charge in [0.25, 0.3) is 0 Å². The van der Waals surface area contributed by atoms with E-state index in [9.17, 15) is 14.4 Å². The van der Waals surface area contributed by atoms with E-state index in [4.69, 9.17) is 0 Å². The van der Waals surface area contributed by atoms with Crippen molar-refractivity contribution in [3.05, 3.63) is 37.0 Å². The summed E-state index contributed by atoms with van der Waals surface area (Å²) in [5.41, 5.74) is 0.866. The summed E-state index contributed by atoms with van der Waals surface area (Å²) in [5.74, 6) is -1.04. The number of hydrogen-bond donors (Lipinski definition) is 0. The van der Waals surface area contributed by atoms with Gasteiger partial charge in [0.2, 0.25) is 0 Å². The lowest BCUT2D eigenvalue weighted by molar-refractivity contribution is -0.138. The van der Waals surface area contributed by atoms with Crippen molar-refractivity contribution in [3.63, 3.8) is 0 Å². The molecule has 0 aromatic carbocycles. The van der Waals surface area contributed by atoms with Crippen molar-refractivity contribution in [2.45, 2.75) is 27.2 Å². The molecule has 0 aliphatic carbocycles. The molecule has 0 aliphatic rings. The Hall–Kier alpha value is -2.37. The third kappa shape index (κ3) is 20.0. The van der Waals surface area contributed by atoms with Gasteiger partial charge in [-0.05, 0) is 20.3 Å². The van der Waals surface area contributed by atoms with Crippen molar-refractivity contribution in [1.82, 2.24) is 0 Å². The second kappa shape index (κ2) is 16.7. The first-order chi connectivity index (χ1) is 10.2. The normalized spacial score (nSPS) is 7.86. The highest BCUT2D eigenvalue weighted by molar-refractivity contribution is 5.87. The number of esters is 3. The maximum atomic E-state index is 10.2. The lowest BCUT2D eigenvalue weighted by atomic mass is 10.4. The molecule has 0 spiro atoms. The molecule has 0 rings (SSSR count). The average Bonchev–Trinajstić information content (AvgIpc) is 2.51. The van der Waals surface area contributed by atoms with E-state index in [1.54, 1.807) is 13.8 Å². The molecule has 0 radical (unpaired) electrons. The maximum absolute atomic E-state index is 10.2. The first-order valence-electron chi connectivity index (χ1n) is 6.44. The van der Waals surface area contributed by atoms with Crippen LogP contribution in [0.15, 0.2) is 37.0 Å². The fourth-order valence-electron chi connectivity index (χ4n) is 0.610. The molecule has 0 aliphatic heterocycles. The van der Waals surface area contributed by atoms with Crippen LogP contribution in [0.2, 0.25) is 0 Å². The van der Waals surface area contributed by atoms with Crippen LogP contribution in [0.3, 0.4) is 0 Å². The van der Waals surface area contributed by atoms with Crippen LogP contribution in [0.5, 0.6) is 0 Å². The summed E-state index contributed by atoms with van der Waals surface area (Å²) in [7, 11) is 2.66. The van der Waals surface area contributed by atoms with E-state index >= 15 is 0 Å². The minimum Gasteiger partial charge on any atom is -0.466 e. The quantitative estimate of drug-likeness (QED) is 0.441. The molecule has 6 heteroatoms. The Bertz CT molecular complexity index is 369. The Kier molecular flexibility index (Phi) is 18.7. The minimum atomic E-state index is -0.347.